The number of hydrogen-bond donors (Lipinski definition) is 0. The molecule has 1 aliphatic heterocycles. The molecule has 1 saturated heterocycles. The van der Waals surface area contributed by atoms with Crippen molar-refractivity contribution in [3.8, 4) is 0 Å². The van der Waals surface area contributed by atoms with E-state index in [1.807, 2.05) is 11.0 Å². The van der Waals surface area contributed by atoms with Gasteiger partial charge in [-0.15, -0.1) is 0 Å². The van der Waals surface area contributed by atoms with Gasteiger partial charge in [0, 0.05) is 30.7 Å². The summed E-state index contributed by atoms with van der Waals surface area (Å²) in [5.74, 6) is 0.124. The summed E-state index contributed by atoms with van der Waals surface area (Å²) in [6.45, 7) is 1.72. The van der Waals surface area contributed by atoms with E-state index in [4.69, 9.17) is 11.6 Å². The number of fused-ring (bicyclic) bond motifs is 1. The van der Waals surface area contributed by atoms with Crippen molar-refractivity contribution in [1.82, 2.24) is 19.4 Å². The van der Waals surface area contributed by atoms with E-state index < -0.39 is 0 Å². The minimum atomic E-state index is 0.124. The highest BCUT2D eigenvalue weighted by atomic mass is 35.5. The van der Waals surface area contributed by atoms with Crippen molar-refractivity contribution in [2.24, 2.45) is 0 Å². The molecule has 0 spiro atoms. The SMILES string of the molecule is O=C(c1cc2cnc(Cl)nc2n1C1CCCC1)N1CCCC1. The lowest BCUT2D eigenvalue weighted by atomic mass is 10.2. The molecule has 0 atom stereocenters. The number of amides is 1. The van der Waals surface area contributed by atoms with Crippen LogP contribution in [0.3, 0.4) is 0 Å². The summed E-state index contributed by atoms with van der Waals surface area (Å²) in [7, 11) is 0. The molecule has 0 unspecified atom stereocenters. The number of likely N-dealkylation sites (tertiary alicyclic amines) is 1. The van der Waals surface area contributed by atoms with Gasteiger partial charge < -0.3 is 9.47 Å². The highest BCUT2D eigenvalue weighted by molar-refractivity contribution is 6.28. The van der Waals surface area contributed by atoms with Crippen LogP contribution >= 0.6 is 11.6 Å². The van der Waals surface area contributed by atoms with Crippen molar-refractivity contribution in [3.63, 3.8) is 0 Å². The first-order valence-corrected chi connectivity index (χ1v) is 8.44. The Morgan fingerprint density at radius 1 is 1.18 bits per heavy atom. The molecule has 2 aliphatic rings. The van der Waals surface area contributed by atoms with E-state index in [1.165, 1.54) is 12.8 Å². The van der Waals surface area contributed by atoms with Gasteiger partial charge in [-0.1, -0.05) is 12.8 Å². The molecule has 2 fully saturated rings. The molecule has 1 aliphatic carbocycles. The Bertz CT molecular complexity index is 714. The number of nitrogens with zero attached hydrogens (tertiary/aromatic N) is 4. The van der Waals surface area contributed by atoms with Gasteiger partial charge in [-0.2, -0.15) is 4.98 Å². The molecule has 0 radical (unpaired) electrons. The zero-order valence-electron chi connectivity index (χ0n) is 12.5. The van der Waals surface area contributed by atoms with Crippen LogP contribution in [0.1, 0.15) is 55.1 Å². The zero-order chi connectivity index (χ0) is 15.1. The number of aromatic nitrogens is 3. The van der Waals surface area contributed by atoms with Gasteiger partial charge in [0.05, 0.1) is 0 Å². The molecule has 3 heterocycles. The zero-order valence-corrected chi connectivity index (χ0v) is 13.2. The van der Waals surface area contributed by atoms with Crippen molar-refractivity contribution < 1.29 is 4.79 Å². The molecule has 4 rings (SSSR count). The maximum Gasteiger partial charge on any atom is 0.270 e. The second kappa shape index (κ2) is 5.54. The van der Waals surface area contributed by atoms with E-state index in [0.717, 1.165) is 55.5 Å². The lowest BCUT2D eigenvalue weighted by Crippen LogP contribution is -2.30. The summed E-state index contributed by atoms with van der Waals surface area (Å²) in [4.78, 5) is 23.3. The van der Waals surface area contributed by atoms with Crippen molar-refractivity contribution in [1.29, 1.82) is 0 Å². The van der Waals surface area contributed by atoms with Crippen LogP contribution in [0.5, 0.6) is 0 Å². The third-order valence-electron chi connectivity index (χ3n) is 4.85. The molecule has 1 saturated carbocycles. The smallest absolute Gasteiger partial charge is 0.270 e. The summed E-state index contributed by atoms with van der Waals surface area (Å²) < 4.78 is 2.12. The normalized spacial score (nSPS) is 19.4. The molecule has 0 aromatic carbocycles. The first kappa shape index (κ1) is 14.0. The average Bonchev–Trinajstić information content (AvgIpc) is 3.25. The monoisotopic (exact) mass is 318 g/mol. The van der Waals surface area contributed by atoms with Gasteiger partial charge in [-0.05, 0) is 43.4 Å². The predicted octanol–water partition coefficient (Wildman–Crippen LogP) is 3.44. The molecule has 2 aromatic heterocycles. The molecule has 6 heteroatoms. The second-order valence-electron chi connectivity index (χ2n) is 6.26. The Morgan fingerprint density at radius 3 is 2.64 bits per heavy atom. The summed E-state index contributed by atoms with van der Waals surface area (Å²) in [5.41, 5.74) is 1.55. The molecule has 0 N–H and O–H groups in total. The molecule has 0 bridgehead atoms. The van der Waals surface area contributed by atoms with Gasteiger partial charge >= 0.3 is 0 Å². The Labute approximate surface area is 134 Å². The van der Waals surface area contributed by atoms with Crippen LogP contribution in [-0.2, 0) is 0 Å². The van der Waals surface area contributed by atoms with E-state index in [0.29, 0.717) is 6.04 Å². The Balaban J connectivity index is 1.85. The number of hydrogen-bond acceptors (Lipinski definition) is 3. The largest absolute Gasteiger partial charge is 0.337 e. The average molecular weight is 319 g/mol. The standard InChI is InChI=1S/C16H19ClN4O/c17-16-18-10-11-9-13(15(22)20-7-3-4-8-20)21(14(11)19-16)12-5-1-2-6-12/h9-10,12H,1-8H2. The van der Waals surface area contributed by atoms with Crippen LogP contribution in [-0.4, -0.2) is 38.4 Å². The van der Waals surface area contributed by atoms with Gasteiger partial charge in [-0.25, -0.2) is 4.98 Å². The maximum absolute atomic E-state index is 12.9. The van der Waals surface area contributed by atoms with E-state index in [1.54, 1.807) is 6.20 Å². The van der Waals surface area contributed by atoms with Crippen LogP contribution < -0.4 is 0 Å². The molecule has 2 aromatic rings. The van der Waals surface area contributed by atoms with Gasteiger partial charge in [0.1, 0.15) is 11.3 Å². The Morgan fingerprint density at radius 2 is 1.91 bits per heavy atom. The Hall–Kier alpha value is -1.62. The Kier molecular flexibility index (Phi) is 3.53. The first-order chi connectivity index (χ1) is 10.7. The van der Waals surface area contributed by atoms with Gasteiger partial charge in [-0.3, -0.25) is 4.79 Å². The van der Waals surface area contributed by atoms with Crippen molar-refractivity contribution in [3.05, 3.63) is 23.2 Å². The molecule has 1 amide bonds. The fraction of sp³-hybridized carbons (Fsp3) is 0.562. The van der Waals surface area contributed by atoms with E-state index in [-0.39, 0.29) is 11.2 Å². The topological polar surface area (TPSA) is 51.0 Å². The summed E-state index contributed by atoms with van der Waals surface area (Å²) in [5, 5.41) is 1.14. The van der Waals surface area contributed by atoms with Crippen molar-refractivity contribution in [2.45, 2.75) is 44.6 Å². The van der Waals surface area contributed by atoms with Crippen LogP contribution in [0.2, 0.25) is 5.28 Å². The summed E-state index contributed by atoms with van der Waals surface area (Å²) in [6.07, 6.45) is 8.54. The van der Waals surface area contributed by atoms with Crippen LogP contribution in [0.4, 0.5) is 0 Å². The fourth-order valence-corrected chi connectivity index (χ4v) is 3.89. The fourth-order valence-electron chi connectivity index (χ4n) is 3.77. The minimum Gasteiger partial charge on any atom is -0.337 e. The number of carbonyl (C=O) groups excluding carboxylic acids is 1. The van der Waals surface area contributed by atoms with Crippen LogP contribution in [0.25, 0.3) is 11.0 Å². The van der Waals surface area contributed by atoms with Crippen molar-refractivity contribution >= 4 is 28.5 Å². The van der Waals surface area contributed by atoms with Crippen LogP contribution in [0, 0.1) is 0 Å². The summed E-state index contributed by atoms with van der Waals surface area (Å²) in [6, 6.07) is 2.29. The molecule has 116 valence electrons. The number of rotatable bonds is 2. The number of carbonyl (C=O) groups is 1. The molecule has 5 nitrogen and oxygen atoms in total. The highest BCUT2D eigenvalue weighted by Crippen LogP contribution is 2.35. The first-order valence-electron chi connectivity index (χ1n) is 8.07. The van der Waals surface area contributed by atoms with E-state index in [2.05, 4.69) is 14.5 Å². The summed E-state index contributed by atoms with van der Waals surface area (Å²) >= 11 is 5.98. The van der Waals surface area contributed by atoms with Crippen LogP contribution in [0.15, 0.2) is 12.3 Å². The van der Waals surface area contributed by atoms with Gasteiger partial charge in [0.25, 0.3) is 5.91 Å². The number of halogens is 1. The molecular formula is C16H19ClN4O. The third-order valence-corrected chi connectivity index (χ3v) is 5.03. The third kappa shape index (κ3) is 2.28. The quantitative estimate of drug-likeness (QED) is 0.797. The van der Waals surface area contributed by atoms with Gasteiger partial charge in [0.2, 0.25) is 5.28 Å². The van der Waals surface area contributed by atoms with Gasteiger partial charge in [0.15, 0.2) is 0 Å². The minimum absolute atomic E-state index is 0.124. The molecular weight excluding hydrogens is 300 g/mol. The maximum atomic E-state index is 12.9. The van der Waals surface area contributed by atoms with Crippen molar-refractivity contribution in [2.75, 3.05) is 13.1 Å². The van der Waals surface area contributed by atoms with E-state index in [9.17, 15) is 4.79 Å². The van der Waals surface area contributed by atoms with E-state index >= 15 is 0 Å². The predicted molar refractivity (Wildman–Crippen MR) is 85.2 cm³/mol. The lowest BCUT2D eigenvalue weighted by Gasteiger charge is -2.20. The molecule has 22 heavy (non-hydrogen) atoms. The highest BCUT2D eigenvalue weighted by Gasteiger charge is 2.28. The second-order valence-corrected chi connectivity index (χ2v) is 6.59. The lowest BCUT2D eigenvalue weighted by molar-refractivity contribution is 0.0780.